The number of hydrogen-bond acceptors (Lipinski definition) is 4. The van der Waals surface area contributed by atoms with Gasteiger partial charge in [-0.1, -0.05) is 0 Å². The van der Waals surface area contributed by atoms with Crippen molar-refractivity contribution in [2.24, 2.45) is 4.99 Å². The zero-order chi connectivity index (χ0) is 7.40. The number of aliphatic imine (C=N–C) groups is 1. The van der Waals surface area contributed by atoms with E-state index in [1.807, 2.05) is 0 Å². The molecule has 2 N–H and O–H groups in total. The van der Waals surface area contributed by atoms with Gasteiger partial charge >= 0.3 is 12.0 Å². The highest BCUT2D eigenvalue weighted by atomic mass is 32.1. The molecular formula is C5H7N2O2S+. The van der Waals surface area contributed by atoms with Crippen molar-refractivity contribution in [3.05, 3.63) is 12.4 Å². The number of carbonyl (C=O) groups is 1. The molecule has 1 rings (SSSR count). The summed E-state index contributed by atoms with van der Waals surface area (Å²) in [6, 6.07) is 0.332. The first-order chi connectivity index (χ1) is 4.83. The summed E-state index contributed by atoms with van der Waals surface area (Å²) < 4.78 is 4.68. The maximum absolute atomic E-state index is 10.5. The molecule has 54 valence electrons. The van der Waals surface area contributed by atoms with E-state index in [9.17, 15) is 4.79 Å². The smallest absolute Gasteiger partial charge is 0.362 e. The van der Waals surface area contributed by atoms with E-state index in [2.05, 4.69) is 22.4 Å². The fourth-order valence-electron chi connectivity index (χ4n) is 0.494. The summed E-state index contributed by atoms with van der Waals surface area (Å²) in [7, 11) is 0. The van der Waals surface area contributed by atoms with Crippen molar-refractivity contribution >= 4 is 24.6 Å². The SMILES string of the molecule is O=C(CS)OC1=NC=C[NH2+]1. The van der Waals surface area contributed by atoms with Gasteiger partial charge in [-0.3, -0.25) is 4.79 Å². The molecule has 0 atom stereocenters. The first-order valence-electron chi connectivity index (χ1n) is 2.72. The number of amidine groups is 1. The lowest BCUT2D eigenvalue weighted by molar-refractivity contribution is -0.474. The minimum Gasteiger partial charge on any atom is -0.362 e. The van der Waals surface area contributed by atoms with Gasteiger partial charge in [0.05, 0.1) is 12.0 Å². The molecular weight excluding hydrogens is 152 g/mol. The van der Waals surface area contributed by atoms with E-state index in [0.29, 0.717) is 6.02 Å². The Labute approximate surface area is 63.4 Å². The van der Waals surface area contributed by atoms with Crippen LogP contribution >= 0.6 is 12.6 Å². The summed E-state index contributed by atoms with van der Waals surface area (Å²) >= 11 is 3.72. The number of ether oxygens (including phenoxy) is 1. The van der Waals surface area contributed by atoms with Gasteiger partial charge in [-0.25, -0.2) is 5.32 Å². The van der Waals surface area contributed by atoms with Crippen molar-refractivity contribution in [1.82, 2.24) is 0 Å². The number of carbonyl (C=O) groups excluding carboxylic acids is 1. The van der Waals surface area contributed by atoms with Gasteiger partial charge in [0.25, 0.3) is 0 Å². The van der Waals surface area contributed by atoms with Crippen molar-refractivity contribution in [1.29, 1.82) is 0 Å². The molecule has 0 amide bonds. The van der Waals surface area contributed by atoms with E-state index in [1.54, 1.807) is 17.7 Å². The predicted octanol–water partition coefficient (Wildman–Crippen LogP) is -1.14. The van der Waals surface area contributed by atoms with E-state index >= 15 is 0 Å². The van der Waals surface area contributed by atoms with Gasteiger partial charge in [0.2, 0.25) is 0 Å². The summed E-state index contributed by atoms with van der Waals surface area (Å²) in [6.45, 7) is 0. The van der Waals surface area contributed by atoms with Crippen LogP contribution in [-0.4, -0.2) is 17.7 Å². The van der Waals surface area contributed by atoms with E-state index in [0.717, 1.165) is 0 Å². The Morgan fingerprint density at radius 3 is 3.20 bits per heavy atom. The maximum Gasteiger partial charge on any atom is 0.408 e. The Balaban J connectivity index is 2.33. The number of thiol groups is 1. The molecule has 0 fully saturated rings. The lowest BCUT2D eigenvalue weighted by Gasteiger charge is -1.94. The van der Waals surface area contributed by atoms with Crippen molar-refractivity contribution < 1.29 is 14.8 Å². The number of rotatable bonds is 1. The molecule has 0 aromatic carbocycles. The Kier molecular flexibility index (Phi) is 2.47. The first kappa shape index (κ1) is 7.30. The zero-order valence-electron chi connectivity index (χ0n) is 5.15. The Bertz CT molecular complexity index is 200. The fourth-order valence-corrected chi connectivity index (χ4v) is 0.559. The van der Waals surface area contributed by atoms with Crippen LogP contribution in [0, 0.1) is 0 Å². The van der Waals surface area contributed by atoms with Crippen LogP contribution in [0.4, 0.5) is 0 Å². The Morgan fingerprint density at radius 1 is 1.90 bits per heavy atom. The van der Waals surface area contributed by atoms with E-state index in [-0.39, 0.29) is 11.7 Å². The molecule has 0 radical (unpaired) electrons. The minimum atomic E-state index is -0.387. The van der Waals surface area contributed by atoms with Gasteiger partial charge in [0, 0.05) is 0 Å². The van der Waals surface area contributed by atoms with E-state index in [4.69, 9.17) is 0 Å². The highest BCUT2D eigenvalue weighted by molar-refractivity contribution is 7.81. The highest BCUT2D eigenvalue weighted by Gasteiger charge is 2.11. The highest BCUT2D eigenvalue weighted by Crippen LogP contribution is 1.84. The maximum atomic E-state index is 10.5. The zero-order valence-corrected chi connectivity index (χ0v) is 6.04. The molecule has 0 unspecified atom stereocenters. The quantitative estimate of drug-likeness (QED) is 0.375. The van der Waals surface area contributed by atoms with Crippen LogP contribution in [0.25, 0.3) is 0 Å². The van der Waals surface area contributed by atoms with Crippen LogP contribution in [0.5, 0.6) is 0 Å². The van der Waals surface area contributed by atoms with Crippen LogP contribution < -0.4 is 5.32 Å². The second-order valence-electron chi connectivity index (χ2n) is 1.61. The average Bonchev–Trinajstić information content (AvgIpc) is 2.40. The summed E-state index contributed by atoms with van der Waals surface area (Å²) in [4.78, 5) is 14.3. The average molecular weight is 159 g/mol. The standard InChI is InChI=1S/C5H6N2O2S/c8-4(3-10)9-5-6-1-2-7-5/h1-2,10H,3H2,(H,6,7)/p+1. The third-order valence-corrected chi connectivity index (χ3v) is 1.13. The fraction of sp³-hybridized carbons (Fsp3) is 0.200. The summed E-state index contributed by atoms with van der Waals surface area (Å²) in [5.41, 5.74) is 0. The molecule has 10 heavy (non-hydrogen) atoms. The molecule has 5 heteroatoms. The van der Waals surface area contributed by atoms with Crippen molar-refractivity contribution in [3.63, 3.8) is 0 Å². The van der Waals surface area contributed by atoms with Gasteiger partial charge in [0.1, 0.15) is 6.20 Å². The molecule has 0 bridgehead atoms. The molecule has 4 nitrogen and oxygen atoms in total. The minimum absolute atomic E-state index is 0.0762. The number of hydrogen-bond donors (Lipinski definition) is 2. The van der Waals surface area contributed by atoms with Crippen LogP contribution in [0.15, 0.2) is 17.4 Å². The second-order valence-corrected chi connectivity index (χ2v) is 1.92. The van der Waals surface area contributed by atoms with E-state index in [1.165, 1.54) is 0 Å². The second kappa shape index (κ2) is 3.38. The van der Waals surface area contributed by atoms with Gasteiger partial charge < -0.3 is 4.74 Å². The molecule has 1 aliphatic rings. The third kappa shape index (κ3) is 1.85. The van der Waals surface area contributed by atoms with Crippen LogP contribution in [0.3, 0.4) is 0 Å². The molecule has 0 aliphatic carbocycles. The molecule has 0 aromatic heterocycles. The summed E-state index contributed by atoms with van der Waals surface area (Å²) in [5, 5.41) is 1.61. The number of esters is 1. The molecule has 1 aliphatic heterocycles. The third-order valence-electron chi connectivity index (χ3n) is 0.874. The van der Waals surface area contributed by atoms with E-state index < -0.39 is 0 Å². The van der Waals surface area contributed by atoms with Gasteiger partial charge in [-0.05, 0) is 0 Å². The molecule has 0 spiro atoms. The lowest BCUT2D eigenvalue weighted by atomic mass is 10.8. The van der Waals surface area contributed by atoms with Gasteiger partial charge in [-0.15, -0.1) is 0 Å². The normalized spacial score (nSPS) is 15.1. The molecule has 0 aromatic rings. The molecule has 1 heterocycles. The van der Waals surface area contributed by atoms with Crippen molar-refractivity contribution in [2.45, 2.75) is 0 Å². The monoisotopic (exact) mass is 159 g/mol. The van der Waals surface area contributed by atoms with Crippen LogP contribution in [0.1, 0.15) is 0 Å². The summed E-state index contributed by atoms with van der Waals surface area (Å²) in [5.74, 6) is -0.311. The molecule has 0 saturated carbocycles. The first-order valence-corrected chi connectivity index (χ1v) is 3.35. The topological polar surface area (TPSA) is 55.3 Å². The Hall–Kier alpha value is -0.810. The largest absolute Gasteiger partial charge is 0.408 e. The van der Waals surface area contributed by atoms with Crippen LogP contribution in [0.2, 0.25) is 0 Å². The van der Waals surface area contributed by atoms with Gasteiger partial charge in [0.15, 0.2) is 0 Å². The molecule has 0 saturated heterocycles. The van der Waals surface area contributed by atoms with Crippen molar-refractivity contribution in [3.8, 4) is 0 Å². The number of nitrogens with two attached hydrogens (primary N) is 1. The number of quaternary nitrogens is 1. The van der Waals surface area contributed by atoms with Crippen LogP contribution in [-0.2, 0) is 9.53 Å². The van der Waals surface area contributed by atoms with Crippen molar-refractivity contribution in [2.75, 3.05) is 5.75 Å². The van der Waals surface area contributed by atoms with Gasteiger partial charge in [-0.2, -0.15) is 17.6 Å². The Morgan fingerprint density at radius 2 is 2.70 bits per heavy atom. The predicted molar refractivity (Wildman–Crippen MR) is 38.4 cm³/mol. The lowest BCUT2D eigenvalue weighted by Crippen LogP contribution is -2.81. The number of nitrogens with zero attached hydrogens (tertiary/aromatic N) is 1. The summed E-state index contributed by atoms with van der Waals surface area (Å²) in [6.07, 6.45) is 3.25.